The molecule has 1 saturated carbocycles. The van der Waals surface area contributed by atoms with Crippen molar-refractivity contribution in [3.8, 4) is 0 Å². The minimum Gasteiger partial charge on any atom is -0.441 e. The molecular weight excluding hydrogens is 282 g/mol. The van der Waals surface area contributed by atoms with Gasteiger partial charge in [0.25, 0.3) is 0 Å². The molecule has 0 bridgehead atoms. The second-order valence-corrected chi connectivity index (χ2v) is 6.01. The zero-order chi connectivity index (χ0) is 15.6. The number of aryl methyl sites for hydroxylation is 1. The summed E-state index contributed by atoms with van der Waals surface area (Å²) in [6, 6.07) is 4.99. The lowest BCUT2D eigenvalue weighted by atomic mass is 9.85. The molecule has 1 aromatic carbocycles. The van der Waals surface area contributed by atoms with E-state index in [1.165, 1.54) is 0 Å². The fraction of sp³-hybridized carbons (Fsp3) is 0.500. The van der Waals surface area contributed by atoms with Gasteiger partial charge in [0, 0.05) is 19.2 Å². The number of rotatable bonds is 3. The Morgan fingerprint density at radius 3 is 2.91 bits per heavy atom. The Balaban J connectivity index is 1.58. The second kappa shape index (κ2) is 5.96. The maximum Gasteiger partial charge on any atom is 0.319 e. The number of benzene rings is 1. The monoisotopic (exact) mass is 303 g/mol. The van der Waals surface area contributed by atoms with Gasteiger partial charge in [-0.1, -0.05) is 19.3 Å². The van der Waals surface area contributed by atoms with E-state index in [1.807, 2.05) is 0 Å². The molecule has 2 aromatic rings. The molecule has 3 rings (SSSR count). The Bertz CT molecular complexity index is 674. The van der Waals surface area contributed by atoms with Crippen LogP contribution < -0.4 is 10.6 Å². The molecule has 22 heavy (non-hydrogen) atoms. The zero-order valence-corrected chi connectivity index (χ0v) is 12.7. The third-order valence-corrected chi connectivity index (χ3v) is 4.11. The molecule has 0 unspecified atom stereocenters. The van der Waals surface area contributed by atoms with Crippen molar-refractivity contribution in [2.75, 3.05) is 11.9 Å². The highest BCUT2D eigenvalue weighted by Gasteiger charge is 2.29. The van der Waals surface area contributed by atoms with Gasteiger partial charge in [-0.3, -0.25) is 0 Å². The van der Waals surface area contributed by atoms with Gasteiger partial charge in [-0.2, -0.15) is 0 Å². The smallest absolute Gasteiger partial charge is 0.319 e. The van der Waals surface area contributed by atoms with Gasteiger partial charge >= 0.3 is 6.03 Å². The number of fused-ring (bicyclic) bond motifs is 1. The molecule has 0 saturated heterocycles. The van der Waals surface area contributed by atoms with E-state index in [9.17, 15) is 9.90 Å². The highest BCUT2D eigenvalue weighted by atomic mass is 16.3. The van der Waals surface area contributed by atoms with Crippen LogP contribution in [-0.2, 0) is 0 Å². The number of anilines is 1. The largest absolute Gasteiger partial charge is 0.441 e. The van der Waals surface area contributed by atoms with Crippen LogP contribution in [-0.4, -0.2) is 28.3 Å². The van der Waals surface area contributed by atoms with Crippen molar-refractivity contribution >= 4 is 22.8 Å². The number of hydrogen-bond donors (Lipinski definition) is 3. The number of nitrogens with one attached hydrogen (secondary N) is 2. The molecule has 6 heteroatoms. The number of urea groups is 1. The van der Waals surface area contributed by atoms with Crippen LogP contribution in [0.15, 0.2) is 22.6 Å². The van der Waals surface area contributed by atoms with Gasteiger partial charge in [-0.15, -0.1) is 0 Å². The summed E-state index contributed by atoms with van der Waals surface area (Å²) >= 11 is 0. The molecule has 0 spiro atoms. The molecule has 1 aliphatic rings. The third-order valence-electron chi connectivity index (χ3n) is 4.11. The number of oxazole rings is 1. The van der Waals surface area contributed by atoms with Crippen LogP contribution in [0.25, 0.3) is 11.1 Å². The molecule has 1 aromatic heterocycles. The van der Waals surface area contributed by atoms with Gasteiger partial charge in [0.2, 0.25) is 0 Å². The number of carbonyl (C=O) groups excluding carboxylic acids is 1. The minimum atomic E-state index is -0.761. The summed E-state index contributed by atoms with van der Waals surface area (Å²) in [5.41, 5.74) is 1.29. The van der Waals surface area contributed by atoms with Crippen LogP contribution in [0.4, 0.5) is 10.5 Å². The predicted molar refractivity (Wildman–Crippen MR) is 83.8 cm³/mol. The topological polar surface area (TPSA) is 87.4 Å². The number of amides is 2. The average Bonchev–Trinajstić information content (AvgIpc) is 2.85. The van der Waals surface area contributed by atoms with Crippen LogP contribution >= 0.6 is 0 Å². The lowest BCUT2D eigenvalue weighted by Gasteiger charge is -2.32. The molecule has 2 amide bonds. The minimum absolute atomic E-state index is 0.282. The number of hydrogen-bond acceptors (Lipinski definition) is 4. The number of nitrogens with zero attached hydrogens (tertiary/aromatic N) is 1. The van der Waals surface area contributed by atoms with E-state index < -0.39 is 5.60 Å². The van der Waals surface area contributed by atoms with E-state index in [1.54, 1.807) is 25.1 Å². The number of aliphatic hydroxyl groups is 1. The Morgan fingerprint density at radius 1 is 1.36 bits per heavy atom. The van der Waals surface area contributed by atoms with Gasteiger partial charge in [-0.05, 0) is 31.0 Å². The van der Waals surface area contributed by atoms with E-state index in [4.69, 9.17) is 4.42 Å². The highest BCUT2D eigenvalue weighted by Crippen LogP contribution is 2.27. The third kappa shape index (κ3) is 3.39. The normalized spacial score (nSPS) is 17.4. The quantitative estimate of drug-likeness (QED) is 0.813. The predicted octanol–water partition coefficient (Wildman–Crippen LogP) is 2.95. The Hall–Kier alpha value is -2.08. The Kier molecular flexibility index (Phi) is 4.02. The summed E-state index contributed by atoms with van der Waals surface area (Å²) in [5.74, 6) is 0.594. The number of carbonyl (C=O) groups is 1. The molecule has 0 aliphatic heterocycles. The first-order valence-electron chi connectivity index (χ1n) is 7.69. The molecular formula is C16H21N3O3. The Morgan fingerprint density at radius 2 is 2.14 bits per heavy atom. The van der Waals surface area contributed by atoms with E-state index in [0.717, 1.165) is 32.1 Å². The van der Waals surface area contributed by atoms with Crippen molar-refractivity contribution in [2.45, 2.75) is 44.6 Å². The van der Waals surface area contributed by atoms with E-state index >= 15 is 0 Å². The van der Waals surface area contributed by atoms with Crippen LogP contribution in [0.2, 0.25) is 0 Å². The first-order valence-corrected chi connectivity index (χ1v) is 7.69. The van der Waals surface area contributed by atoms with Crippen molar-refractivity contribution in [3.63, 3.8) is 0 Å². The molecule has 118 valence electrons. The summed E-state index contributed by atoms with van der Waals surface area (Å²) in [7, 11) is 0. The van der Waals surface area contributed by atoms with E-state index in [0.29, 0.717) is 22.7 Å². The summed E-state index contributed by atoms with van der Waals surface area (Å²) < 4.78 is 5.40. The molecule has 0 atom stereocenters. The van der Waals surface area contributed by atoms with Gasteiger partial charge in [0.1, 0.15) is 5.52 Å². The molecule has 3 N–H and O–H groups in total. The molecule has 1 aliphatic carbocycles. The first kappa shape index (κ1) is 14.8. The first-order chi connectivity index (χ1) is 10.5. The Labute approximate surface area is 128 Å². The molecule has 6 nitrogen and oxygen atoms in total. The molecule has 1 fully saturated rings. The van der Waals surface area contributed by atoms with Crippen LogP contribution in [0.5, 0.6) is 0 Å². The van der Waals surface area contributed by atoms with Crippen molar-refractivity contribution in [1.29, 1.82) is 0 Å². The average molecular weight is 303 g/mol. The lowest BCUT2D eigenvalue weighted by molar-refractivity contribution is 0.00755. The standard InChI is InChI=1S/C16H21N3O3/c1-11-18-13-9-12(5-6-14(13)22-11)19-15(20)17-10-16(21)7-3-2-4-8-16/h5-6,9,21H,2-4,7-8,10H2,1H3,(H2,17,19,20). The van der Waals surface area contributed by atoms with E-state index in [2.05, 4.69) is 15.6 Å². The van der Waals surface area contributed by atoms with Crippen molar-refractivity contribution in [2.24, 2.45) is 0 Å². The lowest BCUT2D eigenvalue weighted by Crippen LogP contribution is -2.45. The van der Waals surface area contributed by atoms with Gasteiger partial charge in [0.05, 0.1) is 5.60 Å². The van der Waals surface area contributed by atoms with E-state index in [-0.39, 0.29) is 12.6 Å². The summed E-state index contributed by atoms with van der Waals surface area (Å²) in [5, 5.41) is 15.9. The summed E-state index contributed by atoms with van der Waals surface area (Å²) in [4.78, 5) is 16.2. The maximum atomic E-state index is 12.0. The van der Waals surface area contributed by atoms with Gasteiger partial charge < -0.3 is 20.2 Å². The van der Waals surface area contributed by atoms with Crippen LogP contribution in [0.1, 0.15) is 38.0 Å². The highest BCUT2D eigenvalue weighted by molar-refractivity contribution is 5.91. The van der Waals surface area contributed by atoms with Crippen molar-refractivity contribution < 1.29 is 14.3 Å². The van der Waals surface area contributed by atoms with Crippen molar-refractivity contribution in [3.05, 3.63) is 24.1 Å². The summed E-state index contributed by atoms with van der Waals surface area (Å²) in [6.45, 7) is 2.06. The van der Waals surface area contributed by atoms with Crippen molar-refractivity contribution in [1.82, 2.24) is 10.3 Å². The fourth-order valence-electron chi connectivity index (χ4n) is 2.93. The molecule has 0 radical (unpaired) electrons. The van der Waals surface area contributed by atoms with Crippen LogP contribution in [0.3, 0.4) is 0 Å². The second-order valence-electron chi connectivity index (χ2n) is 6.01. The maximum absolute atomic E-state index is 12.0. The summed E-state index contributed by atoms with van der Waals surface area (Å²) in [6.07, 6.45) is 4.69. The van der Waals surface area contributed by atoms with Gasteiger partial charge in [-0.25, -0.2) is 9.78 Å². The van der Waals surface area contributed by atoms with Gasteiger partial charge in [0.15, 0.2) is 11.5 Å². The fourth-order valence-corrected chi connectivity index (χ4v) is 2.93. The number of aromatic nitrogens is 1. The SMILES string of the molecule is Cc1nc2cc(NC(=O)NCC3(O)CCCCC3)ccc2o1. The zero-order valence-electron chi connectivity index (χ0n) is 12.7. The molecule has 1 heterocycles. The van der Waals surface area contributed by atoms with Crippen LogP contribution in [0, 0.1) is 6.92 Å².